The van der Waals surface area contributed by atoms with Gasteiger partial charge in [0, 0.05) is 35.9 Å². The molecule has 0 saturated carbocycles. The van der Waals surface area contributed by atoms with Gasteiger partial charge in [-0.3, -0.25) is 9.69 Å². The maximum atomic E-state index is 11.9. The molecular weight excluding hydrogens is 270 g/mol. The second kappa shape index (κ2) is 7.20. The molecule has 20 heavy (non-hydrogen) atoms. The van der Waals surface area contributed by atoms with E-state index < -0.39 is 0 Å². The molecule has 0 radical (unpaired) electrons. The van der Waals surface area contributed by atoms with E-state index in [2.05, 4.69) is 29.3 Å². The van der Waals surface area contributed by atoms with Crippen molar-refractivity contribution in [2.24, 2.45) is 5.73 Å². The second-order valence-corrected chi connectivity index (χ2v) is 6.78. The van der Waals surface area contributed by atoms with Crippen molar-refractivity contribution in [3.8, 4) is 0 Å². The van der Waals surface area contributed by atoms with Gasteiger partial charge >= 0.3 is 0 Å². The summed E-state index contributed by atoms with van der Waals surface area (Å²) in [6.45, 7) is 3.86. The van der Waals surface area contributed by atoms with Gasteiger partial charge in [0.2, 0.25) is 5.91 Å². The van der Waals surface area contributed by atoms with E-state index in [0.29, 0.717) is 0 Å². The van der Waals surface area contributed by atoms with Gasteiger partial charge in [0.15, 0.2) is 0 Å². The van der Waals surface area contributed by atoms with E-state index in [1.54, 1.807) is 7.05 Å². The van der Waals surface area contributed by atoms with Crippen molar-refractivity contribution >= 4 is 17.2 Å². The third-order valence-electron chi connectivity index (χ3n) is 3.84. The number of hydrogen-bond donors (Lipinski definition) is 2. The molecule has 4 nitrogen and oxygen atoms in total. The van der Waals surface area contributed by atoms with Crippen LogP contribution in [0.25, 0.3) is 0 Å². The van der Waals surface area contributed by atoms with Gasteiger partial charge in [-0.05, 0) is 31.4 Å². The van der Waals surface area contributed by atoms with Gasteiger partial charge in [-0.1, -0.05) is 13.3 Å². The van der Waals surface area contributed by atoms with E-state index in [1.165, 1.54) is 29.0 Å². The first-order chi connectivity index (χ1) is 9.63. The van der Waals surface area contributed by atoms with Crippen LogP contribution >= 0.6 is 11.3 Å². The molecular formula is C15H25N3OS. The van der Waals surface area contributed by atoms with Crippen molar-refractivity contribution < 1.29 is 4.79 Å². The Kier molecular flexibility index (Phi) is 5.57. The Balaban J connectivity index is 1.97. The summed E-state index contributed by atoms with van der Waals surface area (Å²) < 4.78 is 0. The molecule has 5 heteroatoms. The lowest BCUT2D eigenvalue weighted by Gasteiger charge is -2.21. The first-order valence-electron chi connectivity index (χ1n) is 7.42. The predicted molar refractivity (Wildman–Crippen MR) is 83.8 cm³/mol. The van der Waals surface area contributed by atoms with E-state index in [0.717, 1.165) is 19.5 Å². The summed E-state index contributed by atoms with van der Waals surface area (Å²) in [6.07, 6.45) is 4.40. The fourth-order valence-corrected chi connectivity index (χ4v) is 3.83. The largest absolute Gasteiger partial charge is 0.358 e. The highest BCUT2D eigenvalue weighted by Crippen LogP contribution is 2.24. The molecule has 1 amide bonds. The summed E-state index contributed by atoms with van der Waals surface area (Å²) in [5, 5.41) is 2.74. The number of likely N-dealkylation sites (tertiary alicyclic amines) is 1. The molecule has 1 aromatic heterocycles. The maximum Gasteiger partial charge on any atom is 0.237 e. The Morgan fingerprint density at radius 2 is 2.25 bits per heavy atom. The van der Waals surface area contributed by atoms with Crippen LogP contribution < -0.4 is 11.1 Å². The minimum Gasteiger partial charge on any atom is -0.358 e. The number of hydrogen-bond acceptors (Lipinski definition) is 4. The predicted octanol–water partition coefficient (Wildman–Crippen LogP) is 1.74. The summed E-state index contributed by atoms with van der Waals surface area (Å²) in [5.41, 5.74) is 6.01. The fourth-order valence-electron chi connectivity index (χ4n) is 2.75. The average molecular weight is 295 g/mol. The Bertz CT molecular complexity index is 446. The molecule has 1 aliphatic heterocycles. The topological polar surface area (TPSA) is 58.4 Å². The van der Waals surface area contributed by atoms with Crippen molar-refractivity contribution in [1.29, 1.82) is 0 Å². The molecule has 2 rings (SSSR count). The van der Waals surface area contributed by atoms with Gasteiger partial charge in [-0.15, -0.1) is 11.3 Å². The minimum absolute atomic E-state index is 0.0730. The second-order valence-electron chi connectivity index (χ2n) is 5.53. The third kappa shape index (κ3) is 3.81. The normalized spacial score (nSPS) is 23.1. The van der Waals surface area contributed by atoms with Gasteiger partial charge in [-0.25, -0.2) is 0 Å². The van der Waals surface area contributed by atoms with Crippen LogP contribution in [0.3, 0.4) is 0 Å². The molecule has 2 atom stereocenters. The molecule has 0 spiro atoms. The first-order valence-corrected chi connectivity index (χ1v) is 8.24. The van der Waals surface area contributed by atoms with Crippen LogP contribution in [0.2, 0.25) is 0 Å². The third-order valence-corrected chi connectivity index (χ3v) is 4.97. The van der Waals surface area contributed by atoms with Crippen LogP contribution in [0, 0.1) is 0 Å². The average Bonchev–Trinajstić information content (AvgIpc) is 3.03. The van der Waals surface area contributed by atoms with Crippen molar-refractivity contribution in [2.45, 2.75) is 51.2 Å². The lowest BCUT2D eigenvalue weighted by molar-refractivity contribution is -0.125. The van der Waals surface area contributed by atoms with Gasteiger partial charge in [0.05, 0.1) is 6.04 Å². The van der Waals surface area contributed by atoms with Crippen molar-refractivity contribution in [3.63, 3.8) is 0 Å². The minimum atomic E-state index is -0.0730. The summed E-state index contributed by atoms with van der Waals surface area (Å²) in [4.78, 5) is 16.9. The molecule has 0 bridgehead atoms. The Morgan fingerprint density at radius 1 is 1.50 bits per heavy atom. The number of nitrogens with zero attached hydrogens (tertiary/aromatic N) is 1. The van der Waals surface area contributed by atoms with Crippen LogP contribution in [-0.2, 0) is 17.8 Å². The van der Waals surface area contributed by atoms with Gasteiger partial charge in [0.25, 0.3) is 0 Å². The summed E-state index contributed by atoms with van der Waals surface area (Å²) in [7, 11) is 1.69. The number of rotatable bonds is 6. The number of nitrogens with one attached hydrogen (secondary N) is 1. The monoisotopic (exact) mass is 295 g/mol. The van der Waals surface area contributed by atoms with Crippen LogP contribution in [0.4, 0.5) is 0 Å². The number of aryl methyl sites for hydroxylation is 1. The summed E-state index contributed by atoms with van der Waals surface area (Å²) >= 11 is 1.87. The SMILES string of the molecule is CCCCc1ccc(CN2C[C@H](N)C[C@H]2C(=O)NC)s1. The molecule has 3 N–H and O–H groups in total. The van der Waals surface area contributed by atoms with Crippen molar-refractivity contribution in [1.82, 2.24) is 10.2 Å². The zero-order valence-corrected chi connectivity index (χ0v) is 13.2. The number of amides is 1. The van der Waals surface area contributed by atoms with E-state index in [4.69, 9.17) is 5.73 Å². The lowest BCUT2D eigenvalue weighted by atomic mass is 10.1. The number of thiophene rings is 1. The van der Waals surface area contributed by atoms with Crippen LogP contribution in [-0.4, -0.2) is 36.5 Å². The summed E-state index contributed by atoms with van der Waals surface area (Å²) in [6, 6.07) is 4.45. The highest BCUT2D eigenvalue weighted by molar-refractivity contribution is 7.11. The van der Waals surface area contributed by atoms with Crippen LogP contribution in [0.1, 0.15) is 35.9 Å². The summed E-state index contributed by atoms with van der Waals surface area (Å²) in [5.74, 6) is 0.0840. The standard InChI is InChI=1S/C15H25N3OS/c1-3-4-5-12-6-7-13(20-12)10-18-9-11(16)8-14(18)15(19)17-2/h6-7,11,14H,3-5,8-10,16H2,1-2H3,(H,17,19)/t11-,14+/m1/s1. The van der Waals surface area contributed by atoms with E-state index in [-0.39, 0.29) is 18.0 Å². The number of unbranched alkanes of at least 4 members (excludes halogenated alkanes) is 1. The van der Waals surface area contributed by atoms with Gasteiger partial charge in [0.1, 0.15) is 0 Å². The Labute approximate surface area is 125 Å². The van der Waals surface area contributed by atoms with Crippen LogP contribution in [0.5, 0.6) is 0 Å². The number of carbonyl (C=O) groups excluding carboxylic acids is 1. The quantitative estimate of drug-likeness (QED) is 0.840. The van der Waals surface area contributed by atoms with E-state index in [9.17, 15) is 4.79 Å². The Morgan fingerprint density at radius 3 is 2.95 bits per heavy atom. The van der Waals surface area contributed by atoms with Gasteiger partial charge in [-0.2, -0.15) is 0 Å². The highest BCUT2D eigenvalue weighted by atomic mass is 32.1. The number of nitrogens with two attached hydrogens (primary N) is 1. The highest BCUT2D eigenvalue weighted by Gasteiger charge is 2.34. The number of likely N-dealkylation sites (N-methyl/N-ethyl adjacent to an activating group) is 1. The maximum absolute atomic E-state index is 11.9. The molecule has 112 valence electrons. The van der Waals surface area contributed by atoms with Crippen LogP contribution in [0.15, 0.2) is 12.1 Å². The molecule has 1 aliphatic rings. The Hall–Kier alpha value is -0.910. The molecule has 2 heterocycles. The smallest absolute Gasteiger partial charge is 0.237 e. The van der Waals surface area contributed by atoms with E-state index in [1.807, 2.05) is 11.3 Å². The van der Waals surface area contributed by atoms with E-state index >= 15 is 0 Å². The lowest BCUT2D eigenvalue weighted by Crippen LogP contribution is -2.41. The zero-order valence-electron chi connectivity index (χ0n) is 12.4. The zero-order chi connectivity index (χ0) is 14.5. The molecule has 1 saturated heterocycles. The molecule has 1 fully saturated rings. The molecule has 0 aromatic carbocycles. The van der Waals surface area contributed by atoms with Gasteiger partial charge < -0.3 is 11.1 Å². The molecule has 0 unspecified atom stereocenters. The van der Waals surface area contributed by atoms with Crippen molar-refractivity contribution in [3.05, 3.63) is 21.9 Å². The fraction of sp³-hybridized carbons (Fsp3) is 0.667. The molecule has 1 aromatic rings. The number of carbonyl (C=O) groups is 1. The molecule has 0 aliphatic carbocycles. The van der Waals surface area contributed by atoms with Crippen molar-refractivity contribution in [2.75, 3.05) is 13.6 Å². The first kappa shape index (κ1) is 15.5.